The molecular weight excluding hydrogens is 305 g/mol. The summed E-state index contributed by atoms with van der Waals surface area (Å²) in [6.45, 7) is 0. The molecule has 1 aliphatic carbocycles. The third kappa shape index (κ3) is 2.66. The van der Waals surface area contributed by atoms with E-state index in [2.05, 4.69) is 45.5 Å². The fraction of sp³-hybridized carbons (Fsp3) is 0.250. The lowest BCUT2D eigenvalue weighted by Gasteiger charge is -2.27. The monoisotopic (exact) mass is 319 g/mol. The van der Waals surface area contributed by atoms with Gasteiger partial charge in [0.15, 0.2) is 0 Å². The van der Waals surface area contributed by atoms with Gasteiger partial charge in [0.25, 0.3) is 0 Å². The Morgan fingerprint density at radius 3 is 2.84 bits per heavy atom. The summed E-state index contributed by atoms with van der Waals surface area (Å²) in [5, 5.41) is 3.52. The molecule has 0 aliphatic heterocycles. The van der Waals surface area contributed by atoms with Gasteiger partial charge < -0.3 is 5.32 Å². The van der Waals surface area contributed by atoms with E-state index in [1.165, 1.54) is 29.7 Å². The van der Waals surface area contributed by atoms with Crippen molar-refractivity contribution in [3.05, 3.63) is 63.9 Å². The molecule has 19 heavy (non-hydrogen) atoms. The summed E-state index contributed by atoms with van der Waals surface area (Å²) in [6, 6.07) is 13.6. The number of halogens is 2. The van der Waals surface area contributed by atoms with Crippen LogP contribution in [-0.2, 0) is 6.42 Å². The van der Waals surface area contributed by atoms with Crippen molar-refractivity contribution in [2.75, 3.05) is 5.32 Å². The van der Waals surface area contributed by atoms with Crippen LogP contribution in [0.15, 0.2) is 46.9 Å². The van der Waals surface area contributed by atoms with Crippen molar-refractivity contribution >= 4 is 21.6 Å². The average Bonchev–Trinajstić information content (AvgIpc) is 2.42. The van der Waals surface area contributed by atoms with Crippen LogP contribution in [0.4, 0.5) is 10.1 Å². The first-order valence-electron chi connectivity index (χ1n) is 6.53. The summed E-state index contributed by atoms with van der Waals surface area (Å²) in [6.07, 6.45) is 3.45. The molecule has 2 aromatic carbocycles. The van der Waals surface area contributed by atoms with Gasteiger partial charge in [0, 0.05) is 10.2 Å². The molecule has 98 valence electrons. The Labute approximate surface area is 121 Å². The van der Waals surface area contributed by atoms with E-state index < -0.39 is 0 Å². The molecule has 0 heterocycles. The van der Waals surface area contributed by atoms with E-state index in [0.29, 0.717) is 6.04 Å². The van der Waals surface area contributed by atoms with Crippen molar-refractivity contribution in [3.63, 3.8) is 0 Å². The Bertz CT molecular complexity index is 597. The van der Waals surface area contributed by atoms with E-state index in [9.17, 15) is 4.39 Å². The maximum absolute atomic E-state index is 13.1. The van der Waals surface area contributed by atoms with Gasteiger partial charge in [-0.15, -0.1) is 0 Å². The fourth-order valence-electron chi connectivity index (χ4n) is 2.70. The van der Waals surface area contributed by atoms with Crippen LogP contribution < -0.4 is 5.32 Å². The van der Waals surface area contributed by atoms with E-state index in [4.69, 9.17) is 0 Å². The molecule has 1 N–H and O–H groups in total. The standard InChI is InChI=1S/C16H15BrFN/c17-14-10-12(18)8-9-16(14)19-15-7-3-5-11-4-1-2-6-13(11)15/h1-2,4,6,8-10,15,19H,3,5,7H2. The van der Waals surface area contributed by atoms with Crippen LogP contribution in [0.1, 0.15) is 30.0 Å². The highest BCUT2D eigenvalue weighted by atomic mass is 79.9. The summed E-state index contributed by atoms with van der Waals surface area (Å²) in [5.41, 5.74) is 3.73. The first-order chi connectivity index (χ1) is 9.24. The normalized spacial score (nSPS) is 17.9. The van der Waals surface area contributed by atoms with Crippen molar-refractivity contribution in [3.8, 4) is 0 Å². The van der Waals surface area contributed by atoms with Gasteiger partial charge >= 0.3 is 0 Å². The lowest BCUT2D eigenvalue weighted by Crippen LogP contribution is -2.17. The SMILES string of the molecule is Fc1ccc(NC2CCCc3ccccc32)c(Br)c1. The molecular formula is C16H15BrFN. The molecule has 0 saturated carbocycles. The van der Waals surface area contributed by atoms with Crippen LogP contribution in [0, 0.1) is 5.82 Å². The Hall–Kier alpha value is -1.35. The van der Waals surface area contributed by atoms with Gasteiger partial charge in [0.2, 0.25) is 0 Å². The highest BCUT2D eigenvalue weighted by molar-refractivity contribution is 9.10. The molecule has 0 saturated heterocycles. The highest BCUT2D eigenvalue weighted by Crippen LogP contribution is 2.34. The second-order valence-corrected chi connectivity index (χ2v) is 5.77. The number of aryl methyl sites for hydroxylation is 1. The zero-order chi connectivity index (χ0) is 13.2. The van der Waals surface area contributed by atoms with Gasteiger partial charge in [-0.2, -0.15) is 0 Å². The summed E-state index contributed by atoms with van der Waals surface area (Å²) in [7, 11) is 0. The minimum absolute atomic E-state index is 0.221. The van der Waals surface area contributed by atoms with E-state index >= 15 is 0 Å². The third-order valence-corrected chi connectivity index (χ3v) is 4.29. The van der Waals surface area contributed by atoms with Crippen molar-refractivity contribution in [1.29, 1.82) is 0 Å². The molecule has 0 fully saturated rings. The second kappa shape index (κ2) is 5.33. The van der Waals surface area contributed by atoms with Gasteiger partial charge in [-0.3, -0.25) is 0 Å². The molecule has 0 aromatic heterocycles. The van der Waals surface area contributed by atoms with Gasteiger partial charge in [0.05, 0.1) is 6.04 Å². The zero-order valence-corrected chi connectivity index (χ0v) is 12.1. The summed E-state index contributed by atoms with van der Waals surface area (Å²) < 4.78 is 13.9. The molecule has 1 unspecified atom stereocenters. The summed E-state index contributed by atoms with van der Waals surface area (Å²) in [5.74, 6) is -0.221. The zero-order valence-electron chi connectivity index (χ0n) is 10.5. The molecule has 3 heteroatoms. The van der Waals surface area contributed by atoms with Crippen LogP contribution in [0.3, 0.4) is 0 Å². The second-order valence-electron chi connectivity index (χ2n) is 4.91. The van der Waals surface area contributed by atoms with Gasteiger partial charge in [0.1, 0.15) is 5.82 Å². The number of benzene rings is 2. The molecule has 2 aromatic rings. The number of rotatable bonds is 2. The minimum atomic E-state index is -0.221. The molecule has 3 rings (SSSR count). The molecule has 0 amide bonds. The fourth-order valence-corrected chi connectivity index (χ4v) is 3.16. The smallest absolute Gasteiger partial charge is 0.124 e. The maximum atomic E-state index is 13.1. The topological polar surface area (TPSA) is 12.0 Å². The number of anilines is 1. The van der Waals surface area contributed by atoms with Gasteiger partial charge in [-0.1, -0.05) is 24.3 Å². The quantitative estimate of drug-likeness (QED) is 0.814. The van der Waals surface area contributed by atoms with Gasteiger partial charge in [-0.25, -0.2) is 4.39 Å². The van der Waals surface area contributed by atoms with Crippen LogP contribution >= 0.6 is 15.9 Å². The molecule has 1 aliphatic rings. The predicted octanol–water partition coefficient (Wildman–Crippen LogP) is 5.08. The molecule has 1 nitrogen and oxygen atoms in total. The number of nitrogens with one attached hydrogen (secondary N) is 1. The Balaban J connectivity index is 1.88. The molecule has 1 atom stereocenters. The van der Waals surface area contributed by atoms with Gasteiger partial charge in [-0.05, 0) is 64.5 Å². The molecule has 0 spiro atoms. The van der Waals surface area contributed by atoms with Crippen molar-refractivity contribution in [2.45, 2.75) is 25.3 Å². The van der Waals surface area contributed by atoms with Crippen LogP contribution in [-0.4, -0.2) is 0 Å². The van der Waals surface area contributed by atoms with Crippen molar-refractivity contribution in [1.82, 2.24) is 0 Å². The predicted molar refractivity (Wildman–Crippen MR) is 79.8 cm³/mol. The number of hydrogen-bond donors (Lipinski definition) is 1. The van der Waals surface area contributed by atoms with Crippen LogP contribution in [0.5, 0.6) is 0 Å². The van der Waals surface area contributed by atoms with Crippen LogP contribution in [0.2, 0.25) is 0 Å². The first kappa shape index (κ1) is 12.7. The lowest BCUT2D eigenvalue weighted by atomic mass is 9.87. The highest BCUT2D eigenvalue weighted by Gasteiger charge is 2.20. The lowest BCUT2D eigenvalue weighted by molar-refractivity contribution is 0.599. The van der Waals surface area contributed by atoms with E-state index in [0.717, 1.165) is 23.0 Å². The van der Waals surface area contributed by atoms with Crippen molar-refractivity contribution < 1.29 is 4.39 Å². The third-order valence-electron chi connectivity index (χ3n) is 3.63. The Kier molecular flexibility index (Phi) is 3.56. The maximum Gasteiger partial charge on any atom is 0.124 e. The van der Waals surface area contributed by atoms with Crippen LogP contribution in [0.25, 0.3) is 0 Å². The van der Waals surface area contributed by atoms with E-state index in [-0.39, 0.29) is 5.82 Å². The first-order valence-corrected chi connectivity index (χ1v) is 7.33. The summed E-state index contributed by atoms with van der Waals surface area (Å²) >= 11 is 3.41. The average molecular weight is 320 g/mol. The Morgan fingerprint density at radius 2 is 2.00 bits per heavy atom. The largest absolute Gasteiger partial charge is 0.377 e. The van der Waals surface area contributed by atoms with E-state index in [1.807, 2.05) is 0 Å². The summed E-state index contributed by atoms with van der Waals surface area (Å²) in [4.78, 5) is 0. The number of fused-ring (bicyclic) bond motifs is 1. The Morgan fingerprint density at radius 1 is 1.16 bits per heavy atom. The molecule has 0 bridgehead atoms. The molecule has 0 radical (unpaired) electrons. The van der Waals surface area contributed by atoms with Crippen molar-refractivity contribution in [2.24, 2.45) is 0 Å². The number of hydrogen-bond acceptors (Lipinski definition) is 1. The minimum Gasteiger partial charge on any atom is -0.377 e. The van der Waals surface area contributed by atoms with E-state index in [1.54, 1.807) is 6.07 Å².